The summed E-state index contributed by atoms with van der Waals surface area (Å²) in [5, 5.41) is 6.21. The topological polar surface area (TPSA) is 70.5 Å². The molecule has 6 nitrogen and oxygen atoms in total. The van der Waals surface area contributed by atoms with Gasteiger partial charge in [0.25, 0.3) is 11.5 Å². The third kappa shape index (κ3) is 2.73. The molecule has 1 saturated heterocycles. The lowest BCUT2D eigenvalue weighted by Gasteiger charge is -2.35. The van der Waals surface area contributed by atoms with E-state index in [4.69, 9.17) is 0 Å². The number of aromatic nitrogens is 2. The van der Waals surface area contributed by atoms with Crippen LogP contribution in [0.15, 0.2) is 65.5 Å². The molecule has 0 radical (unpaired) electrons. The van der Waals surface area contributed by atoms with Crippen molar-refractivity contribution in [3.8, 4) is 11.1 Å². The largest absolute Gasteiger partial charge is 0.326 e. The summed E-state index contributed by atoms with van der Waals surface area (Å²) in [6, 6.07) is 20.4. The molecule has 3 aromatic rings. The van der Waals surface area contributed by atoms with Gasteiger partial charge in [0.05, 0.1) is 26.2 Å². The summed E-state index contributed by atoms with van der Waals surface area (Å²) in [6.45, 7) is 3.11. The number of nitrogens with one attached hydrogen (secondary N) is 2. The first kappa shape index (κ1) is 16.9. The first-order chi connectivity index (χ1) is 13.7. The van der Waals surface area contributed by atoms with Crippen molar-refractivity contribution in [3.63, 3.8) is 0 Å². The van der Waals surface area contributed by atoms with Gasteiger partial charge in [0, 0.05) is 17.2 Å². The van der Waals surface area contributed by atoms with E-state index in [1.807, 2.05) is 4.90 Å². The fraction of sp³-hybridized carbons (Fsp3) is 0.227. The number of nitrogens with zero attached hydrogens (tertiary/aromatic N) is 2. The van der Waals surface area contributed by atoms with Crippen molar-refractivity contribution in [2.45, 2.75) is 6.04 Å². The summed E-state index contributed by atoms with van der Waals surface area (Å²) in [6.07, 6.45) is 0. The van der Waals surface area contributed by atoms with Crippen LogP contribution in [0.3, 0.4) is 0 Å². The van der Waals surface area contributed by atoms with E-state index in [0.717, 1.165) is 13.1 Å². The van der Waals surface area contributed by atoms with Crippen LogP contribution in [0.2, 0.25) is 0 Å². The van der Waals surface area contributed by atoms with Gasteiger partial charge in [-0.25, -0.2) is 5.10 Å². The number of carbonyl (C=O) groups excluding carboxylic acids is 1. The predicted octanol–water partition coefficient (Wildman–Crippen LogP) is 0.881. The number of hydrogen-bond acceptors (Lipinski definition) is 3. The van der Waals surface area contributed by atoms with Crippen molar-refractivity contribution in [1.29, 1.82) is 0 Å². The standard InChI is InChI=1S/C22H20N4O2/c27-20-10-9-19(23-24-20)22(28)26-13-11-25(12-14-26)21-17-7-3-1-5-15(17)16-6-2-4-8-18(16)21/h1-10,21H,11-14H2,(H,24,27)/p+1. The summed E-state index contributed by atoms with van der Waals surface area (Å²) in [4.78, 5) is 27.1. The minimum Gasteiger partial charge on any atom is -0.326 e. The summed E-state index contributed by atoms with van der Waals surface area (Å²) in [5.41, 5.74) is 5.39. The second-order valence-corrected chi connectivity index (χ2v) is 7.36. The smallest absolute Gasteiger partial charge is 0.274 e. The normalized spacial score (nSPS) is 16.6. The Labute approximate surface area is 162 Å². The lowest BCUT2D eigenvalue weighted by Crippen LogP contribution is -3.15. The Balaban J connectivity index is 1.37. The molecule has 1 fully saturated rings. The number of quaternary nitrogens is 1. The Kier molecular flexibility index (Phi) is 4.06. The number of rotatable bonds is 2. The average molecular weight is 373 g/mol. The van der Waals surface area contributed by atoms with Gasteiger partial charge in [-0.1, -0.05) is 48.5 Å². The SMILES string of the molecule is O=C(c1ccc(=O)[nH]n1)N1CC[NH+](C2c3ccccc3-c3ccccc32)CC1. The molecule has 0 saturated carbocycles. The molecule has 1 aliphatic carbocycles. The lowest BCUT2D eigenvalue weighted by molar-refractivity contribution is -0.928. The second kappa shape index (κ2) is 6.73. The zero-order chi connectivity index (χ0) is 19.1. The highest BCUT2D eigenvalue weighted by Crippen LogP contribution is 2.41. The van der Waals surface area contributed by atoms with Crippen molar-refractivity contribution in [2.75, 3.05) is 26.2 Å². The summed E-state index contributed by atoms with van der Waals surface area (Å²) < 4.78 is 0. The molecule has 1 aliphatic heterocycles. The zero-order valence-electron chi connectivity index (χ0n) is 15.4. The van der Waals surface area contributed by atoms with Crippen LogP contribution < -0.4 is 10.5 Å². The lowest BCUT2D eigenvalue weighted by atomic mass is 10.0. The van der Waals surface area contributed by atoms with Crippen molar-refractivity contribution < 1.29 is 9.69 Å². The second-order valence-electron chi connectivity index (χ2n) is 7.36. The molecule has 0 atom stereocenters. The number of H-pyrrole nitrogens is 1. The Morgan fingerprint density at radius 2 is 1.54 bits per heavy atom. The number of hydrogen-bond donors (Lipinski definition) is 2. The highest BCUT2D eigenvalue weighted by Gasteiger charge is 2.38. The Morgan fingerprint density at radius 1 is 0.929 bits per heavy atom. The molecule has 2 aromatic carbocycles. The van der Waals surface area contributed by atoms with E-state index in [-0.39, 0.29) is 11.5 Å². The average Bonchev–Trinajstić information content (AvgIpc) is 3.08. The number of carbonyl (C=O) groups is 1. The predicted molar refractivity (Wildman–Crippen MR) is 105 cm³/mol. The Morgan fingerprint density at radius 3 is 2.11 bits per heavy atom. The number of fused-ring (bicyclic) bond motifs is 3. The molecular weight excluding hydrogens is 352 g/mol. The zero-order valence-corrected chi connectivity index (χ0v) is 15.4. The first-order valence-electron chi connectivity index (χ1n) is 9.60. The quantitative estimate of drug-likeness (QED) is 0.701. The van der Waals surface area contributed by atoms with Crippen LogP contribution in [0.1, 0.15) is 27.7 Å². The third-order valence-corrected chi connectivity index (χ3v) is 5.83. The van der Waals surface area contributed by atoms with E-state index >= 15 is 0 Å². The maximum absolute atomic E-state index is 12.7. The molecule has 2 heterocycles. The number of aromatic amines is 1. The maximum atomic E-state index is 12.7. The fourth-order valence-electron chi connectivity index (χ4n) is 4.51. The summed E-state index contributed by atoms with van der Waals surface area (Å²) >= 11 is 0. The Hall–Kier alpha value is -3.25. The first-order valence-corrected chi connectivity index (χ1v) is 9.60. The van der Waals surface area contributed by atoms with Gasteiger partial charge in [-0.15, -0.1) is 0 Å². The fourth-order valence-corrected chi connectivity index (χ4v) is 4.51. The molecule has 2 aliphatic rings. The number of amides is 1. The van der Waals surface area contributed by atoms with Gasteiger partial charge in [-0.3, -0.25) is 9.59 Å². The van der Waals surface area contributed by atoms with Gasteiger partial charge in [0.1, 0.15) is 11.7 Å². The van der Waals surface area contributed by atoms with Crippen LogP contribution in [-0.4, -0.2) is 47.2 Å². The molecule has 1 aromatic heterocycles. The molecule has 0 bridgehead atoms. The van der Waals surface area contributed by atoms with Crippen molar-refractivity contribution >= 4 is 5.91 Å². The van der Waals surface area contributed by atoms with E-state index in [9.17, 15) is 9.59 Å². The molecule has 0 unspecified atom stereocenters. The Bertz CT molecular complexity index is 1030. The van der Waals surface area contributed by atoms with Gasteiger partial charge in [-0.05, 0) is 17.2 Å². The molecule has 0 spiro atoms. The van der Waals surface area contributed by atoms with Crippen molar-refractivity contribution in [3.05, 3.63) is 87.8 Å². The number of benzene rings is 2. The van der Waals surface area contributed by atoms with Gasteiger partial charge in [-0.2, -0.15) is 5.10 Å². The molecule has 28 heavy (non-hydrogen) atoms. The molecule has 5 rings (SSSR count). The highest BCUT2D eigenvalue weighted by atomic mass is 16.2. The van der Waals surface area contributed by atoms with E-state index < -0.39 is 0 Å². The van der Waals surface area contributed by atoms with E-state index in [1.165, 1.54) is 39.3 Å². The van der Waals surface area contributed by atoms with Crippen molar-refractivity contribution in [1.82, 2.24) is 15.1 Å². The highest BCUT2D eigenvalue weighted by molar-refractivity contribution is 5.92. The van der Waals surface area contributed by atoms with Gasteiger partial charge in [0.15, 0.2) is 0 Å². The van der Waals surface area contributed by atoms with Crippen LogP contribution in [-0.2, 0) is 0 Å². The summed E-state index contributed by atoms with van der Waals surface area (Å²) in [7, 11) is 0. The van der Waals surface area contributed by atoms with Gasteiger partial charge in [0.2, 0.25) is 0 Å². The van der Waals surface area contributed by atoms with Crippen LogP contribution >= 0.6 is 0 Å². The molecule has 1 amide bonds. The summed E-state index contributed by atoms with van der Waals surface area (Å²) in [5.74, 6) is -0.123. The monoisotopic (exact) mass is 373 g/mol. The third-order valence-electron chi connectivity index (χ3n) is 5.83. The minimum absolute atomic E-state index is 0.123. The molecular formula is C22H21N4O2+. The molecule has 140 valence electrons. The van der Waals surface area contributed by atoms with E-state index in [1.54, 1.807) is 0 Å². The van der Waals surface area contributed by atoms with E-state index in [0.29, 0.717) is 24.8 Å². The van der Waals surface area contributed by atoms with Gasteiger partial charge >= 0.3 is 0 Å². The van der Waals surface area contributed by atoms with Gasteiger partial charge < -0.3 is 9.80 Å². The minimum atomic E-state index is -0.302. The number of piperazine rings is 1. The molecule has 2 N–H and O–H groups in total. The van der Waals surface area contributed by atoms with E-state index in [2.05, 4.69) is 58.7 Å². The molecule has 6 heteroatoms. The van der Waals surface area contributed by atoms with Crippen molar-refractivity contribution in [2.24, 2.45) is 0 Å². The van der Waals surface area contributed by atoms with Crippen LogP contribution in [0.5, 0.6) is 0 Å². The van der Waals surface area contributed by atoms with Crippen LogP contribution in [0, 0.1) is 0 Å². The maximum Gasteiger partial charge on any atom is 0.274 e. The van der Waals surface area contributed by atoms with Crippen LogP contribution in [0.4, 0.5) is 0 Å². The van der Waals surface area contributed by atoms with Crippen LogP contribution in [0.25, 0.3) is 11.1 Å².